The minimum absolute atomic E-state index is 0.00976. The maximum absolute atomic E-state index is 16.4. The molecule has 47 heavy (non-hydrogen) atoms. The lowest BCUT2D eigenvalue weighted by Crippen LogP contribution is -2.58. The highest BCUT2D eigenvalue weighted by Gasteiger charge is 2.34. The molecule has 9 nitrogen and oxygen atoms in total. The van der Waals surface area contributed by atoms with Crippen molar-refractivity contribution in [1.82, 2.24) is 19.4 Å². The van der Waals surface area contributed by atoms with Gasteiger partial charge < -0.3 is 14.7 Å². The molecule has 1 saturated heterocycles. The Bertz CT molecular complexity index is 1990. The van der Waals surface area contributed by atoms with Gasteiger partial charge in [-0.3, -0.25) is 9.59 Å². The van der Waals surface area contributed by atoms with E-state index < -0.39 is 17.3 Å². The number of benzene rings is 2. The quantitative estimate of drug-likeness (QED) is 0.265. The molecule has 2 aliphatic heterocycles. The zero-order valence-corrected chi connectivity index (χ0v) is 27.3. The van der Waals surface area contributed by atoms with Crippen LogP contribution >= 0.6 is 0 Å². The minimum atomic E-state index is -0.827. The van der Waals surface area contributed by atoms with Crippen LogP contribution in [0.1, 0.15) is 57.6 Å². The third-order valence-electron chi connectivity index (χ3n) is 9.31. The Kier molecular flexibility index (Phi) is 8.42. The van der Waals surface area contributed by atoms with Gasteiger partial charge in [0.05, 0.1) is 22.3 Å². The number of anilines is 2. The van der Waals surface area contributed by atoms with Crippen molar-refractivity contribution in [1.29, 1.82) is 0 Å². The summed E-state index contributed by atoms with van der Waals surface area (Å²) < 4.78 is 33.6. The van der Waals surface area contributed by atoms with Crippen LogP contribution in [0.2, 0.25) is 0 Å². The van der Waals surface area contributed by atoms with Crippen molar-refractivity contribution in [3.63, 3.8) is 0 Å². The van der Waals surface area contributed by atoms with Gasteiger partial charge >= 0.3 is 5.69 Å². The van der Waals surface area contributed by atoms with Crippen molar-refractivity contribution < 1.29 is 18.4 Å². The fourth-order valence-corrected chi connectivity index (χ4v) is 6.86. The SMILES string of the molecule is C=CC(=O)N1C[C@H](C)N(c2nc(=O)n3c4nc(c(F)cc24)-c2c(F)cccc2N(C)C(=O)CCCc2cccc(C(C)C)c2-3)C[C@H]1C. The number of hydrogen-bond acceptors (Lipinski definition) is 6. The van der Waals surface area contributed by atoms with E-state index in [1.54, 1.807) is 18.0 Å². The van der Waals surface area contributed by atoms with Crippen molar-refractivity contribution in [3.05, 3.63) is 88.4 Å². The molecule has 2 aromatic carbocycles. The van der Waals surface area contributed by atoms with E-state index in [1.165, 1.54) is 33.7 Å². The molecule has 2 aliphatic rings. The highest BCUT2D eigenvalue weighted by Crippen LogP contribution is 2.38. The average molecular weight is 641 g/mol. The first-order valence-electron chi connectivity index (χ1n) is 15.9. The average Bonchev–Trinajstić information content (AvgIpc) is 3.04. The summed E-state index contributed by atoms with van der Waals surface area (Å²) >= 11 is 0. The van der Waals surface area contributed by atoms with Crippen LogP contribution < -0.4 is 15.5 Å². The molecule has 1 fully saturated rings. The maximum Gasteiger partial charge on any atom is 0.355 e. The second-order valence-electron chi connectivity index (χ2n) is 12.7. The monoisotopic (exact) mass is 640 g/mol. The second-order valence-corrected chi connectivity index (χ2v) is 12.7. The van der Waals surface area contributed by atoms with E-state index in [2.05, 4.69) is 11.6 Å². The number of fused-ring (bicyclic) bond motifs is 5. The van der Waals surface area contributed by atoms with Crippen LogP contribution in [-0.2, 0) is 16.0 Å². The molecule has 0 unspecified atom stereocenters. The minimum Gasteiger partial charge on any atom is -0.349 e. The van der Waals surface area contributed by atoms with Crippen LogP contribution in [0.3, 0.4) is 0 Å². The standard InChI is InChI=1S/C36H38F2N6O3/c1-7-29(45)42-18-22(5)43(19-21(42)4)34-25-17-27(38)32-31-26(37)14-10-15-28(31)41(6)30(46)16-9-12-23-11-8-13-24(20(2)3)33(23)44(35(25)39-32)36(47)40-34/h7-8,10-11,13-15,17,20-22H,1,9,12,16,18-19H2,2-6H3/t21-,22+/m1/s1. The molecule has 0 saturated carbocycles. The molecule has 244 valence electrons. The number of carbonyl (C=O) groups excluding carboxylic acids is 2. The van der Waals surface area contributed by atoms with Gasteiger partial charge in [0.25, 0.3) is 0 Å². The van der Waals surface area contributed by atoms with Crippen molar-refractivity contribution in [2.24, 2.45) is 0 Å². The smallest absolute Gasteiger partial charge is 0.349 e. The van der Waals surface area contributed by atoms with Crippen LogP contribution in [0.25, 0.3) is 28.0 Å². The van der Waals surface area contributed by atoms with E-state index in [0.717, 1.165) is 11.1 Å². The number of nitrogens with zero attached hydrogens (tertiary/aromatic N) is 6. The van der Waals surface area contributed by atoms with Gasteiger partial charge in [-0.1, -0.05) is 44.7 Å². The summed E-state index contributed by atoms with van der Waals surface area (Å²) in [5.74, 6) is -1.81. The van der Waals surface area contributed by atoms with Gasteiger partial charge in [0.1, 0.15) is 17.3 Å². The number of piperazine rings is 1. The Hall–Kier alpha value is -4.93. The predicted octanol–water partition coefficient (Wildman–Crippen LogP) is 5.76. The van der Waals surface area contributed by atoms with E-state index in [9.17, 15) is 14.4 Å². The number of rotatable bonds is 3. The van der Waals surface area contributed by atoms with Crippen molar-refractivity contribution >= 4 is 34.4 Å². The third kappa shape index (κ3) is 5.47. The van der Waals surface area contributed by atoms with Crippen LogP contribution in [0.15, 0.2) is 59.9 Å². The molecule has 2 bridgehead atoms. The number of para-hydroxylation sites is 1. The first-order chi connectivity index (χ1) is 22.4. The van der Waals surface area contributed by atoms with E-state index in [4.69, 9.17) is 4.98 Å². The third-order valence-corrected chi connectivity index (χ3v) is 9.31. The Labute approximate surface area is 272 Å². The molecule has 2 aromatic heterocycles. The largest absolute Gasteiger partial charge is 0.355 e. The molecule has 4 heterocycles. The first kappa shape index (κ1) is 32.0. The summed E-state index contributed by atoms with van der Waals surface area (Å²) in [5, 5.41) is 0.273. The molecule has 2 amide bonds. The highest BCUT2D eigenvalue weighted by atomic mass is 19.1. The van der Waals surface area contributed by atoms with Gasteiger partial charge in [-0.15, -0.1) is 0 Å². The Morgan fingerprint density at radius 1 is 1.00 bits per heavy atom. The molecule has 0 spiro atoms. The molecule has 6 rings (SSSR count). The number of pyridine rings is 1. The van der Waals surface area contributed by atoms with Crippen LogP contribution in [0.5, 0.6) is 0 Å². The lowest BCUT2D eigenvalue weighted by molar-refractivity contribution is -0.128. The van der Waals surface area contributed by atoms with Crippen LogP contribution in [0, 0.1) is 11.6 Å². The van der Waals surface area contributed by atoms with Crippen molar-refractivity contribution in [2.75, 3.05) is 29.9 Å². The lowest BCUT2D eigenvalue weighted by atomic mass is 9.95. The van der Waals surface area contributed by atoms with Crippen LogP contribution in [0.4, 0.5) is 20.3 Å². The number of amides is 2. The molecule has 0 radical (unpaired) electrons. The van der Waals surface area contributed by atoms with E-state index in [1.807, 2.05) is 50.8 Å². The number of aryl methyl sites for hydroxylation is 1. The molecule has 0 N–H and O–H groups in total. The Morgan fingerprint density at radius 2 is 1.74 bits per heavy atom. The molecular weight excluding hydrogens is 602 g/mol. The zero-order chi connectivity index (χ0) is 33.7. The number of hydrogen-bond donors (Lipinski definition) is 0. The van der Waals surface area contributed by atoms with E-state index in [-0.39, 0.29) is 70.0 Å². The van der Waals surface area contributed by atoms with Crippen molar-refractivity contribution in [3.8, 4) is 16.9 Å². The van der Waals surface area contributed by atoms with Crippen LogP contribution in [-0.4, -0.2) is 63.5 Å². The van der Waals surface area contributed by atoms with Gasteiger partial charge in [-0.2, -0.15) is 4.98 Å². The summed E-state index contributed by atoms with van der Waals surface area (Å²) in [6, 6.07) is 10.7. The summed E-state index contributed by atoms with van der Waals surface area (Å²) in [7, 11) is 1.54. The lowest BCUT2D eigenvalue weighted by Gasteiger charge is -2.44. The predicted molar refractivity (Wildman–Crippen MR) is 179 cm³/mol. The molecule has 2 atom stereocenters. The first-order valence-corrected chi connectivity index (χ1v) is 15.9. The summed E-state index contributed by atoms with van der Waals surface area (Å²) in [4.78, 5) is 54.6. The normalized spacial score (nSPS) is 18.5. The van der Waals surface area contributed by atoms with Crippen molar-refractivity contribution in [2.45, 2.75) is 65.0 Å². The molecule has 4 aromatic rings. The van der Waals surface area contributed by atoms with Gasteiger partial charge in [0.2, 0.25) is 11.8 Å². The number of carbonyl (C=O) groups is 2. The van der Waals surface area contributed by atoms with E-state index >= 15 is 8.78 Å². The molecule has 11 heteroatoms. The number of halogens is 2. The van der Waals surface area contributed by atoms with Gasteiger partial charge in [-0.25, -0.2) is 23.1 Å². The Balaban J connectivity index is 1.71. The second kappa shape index (κ2) is 12.4. The summed E-state index contributed by atoms with van der Waals surface area (Å²) in [6.45, 7) is 12.1. The fourth-order valence-electron chi connectivity index (χ4n) is 6.86. The maximum atomic E-state index is 16.4. The summed E-state index contributed by atoms with van der Waals surface area (Å²) in [6.07, 6.45) is 2.37. The fraction of sp³-hybridized carbons (Fsp3) is 0.361. The zero-order valence-electron chi connectivity index (χ0n) is 27.3. The molecular formula is C36H38F2N6O3. The van der Waals surface area contributed by atoms with Gasteiger partial charge in [0.15, 0.2) is 11.5 Å². The highest BCUT2D eigenvalue weighted by molar-refractivity contribution is 5.98. The van der Waals surface area contributed by atoms with E-state index in [0.29, 0.717) is 31.6 Å². The summed E-state index contributed by atoms with van der Waals surface area (Å²) in [5.41, 5.74) is 1.45. The molecule has 0 aliphatic carbocycles. The topological polar surface area (TPSA) is 91.6 Å². The van der Waals surface area contributed by atoms with Gasteiger partial charge in [-0.05, 0) is 68.0 Å². The van der Waals surface area contributed by atoms with Gasteiger partial charge in [0, 0.05) is 38.6 Å². The Morgan fingerprint density at radius 3 is 2.47 bits per heavy atom. The number of aromatic nitrogens is 3.